The van der Waals surface area contributed by atoms with Crippen LogP contribution in [-0.2, 0) is 16.1 Å². The first-order valence-corrected chi connectivity index (χ1v) is 8.75. The number of guanidine groups is 1. The normalized spacial score (nSPS) is 11.3. The third-order valence-electron chi connectivity index (χ3n) is 3.15. The molecule has 0 saturated heterocycles. The highest BCUT2D eigenvalue weighted by molar-refractivity contribution is 7.09. The molecule has 0 spiro atoms. The van der Waals surface area contributed by atoms with Gasteiger partial charge in [0.05, 0.1) is 13.7 Å². The summed E-state index contributed by atoms with van der Waals surface area (Å²) in [7, 11) is 1.43. The van der Waals surface area contributed by atoms with E-state index in [2.05, 4.69) is 38.7 Å². The molecule has 124 valence electrons. The lowest BCUT2D eigenvalue weighted by Gasteiger charge is -2.10. The van der Waals surface area contributed by atoms with Gasteiger partial charge in [0.25, 0.3) is 0 Å². The van der Waals surface area contributed by atoms with E-state index in [-0.39, 0.29) is 5.97 Å². The lowest BCUT2D eigenvalue weighted by molar-refractivity contribution is -0.140. The standard InChI is InChI=1S/C16H27N3O2S/c1-3-17-16(19-13-14-9-8-12-22-14)18-11-7-5-4-6-10-15(20)21-2/h8-9,12H,3-7,10-11,13H2,1-2H3,(H2,17,18,19). The van der Waals surface area contributed by atoms with E-state index in [9.17, 15) is 4.79 Å². The second kappa shape index (κ2) is 12.0. The molecule has 1 rings (SSSR count). The molecule has 2 N–H and O–H groups in total. The Labute approximate surface area is 137 Å². The van der Waals surface area contributed by atoms with Crippen LogP contribution in [0.3, 0.4) is 0 Å². The number of unbranched alkanes of at least 4 members (excludes halogenated alkanes) is 3. The van der Waals surface area contributed by atoms with Crippen LogP contribution in [0.25, 0.3) is 0 Å². The highest BCUT2D eigenvalue weighted by Gasteiger charge is 2.00. The molecule has 0 aliphatic heterocycles. The van der Waals surface area contributed by atoms with Crippen molar-refractivity contribution in [2.75, 3.05) is 20.2 Å². The van der Waals surface area contributed by atoms with Crippen LogP contribution < -0.4 is 10.6 Å². The zero-order valence-electron chi connectivity index (χ0n) is 13.6. The van der Waals surface area contributed by atoms with Gasteiger partial charge in [-0.3, -0.25) is 4.79 Å². The molecule has 0 aliphatic carbocycles. The molecule has 1 aromatic rings. The molecule has 0 unspecified atom stereocenters. The summed E-state index contributed by atoms with van der Waals surface area (Å²) >= 11 is 1.72. The summed E-state index contributed by atoms with van der Waals surface area (Å²) in [6.07, 6.45) is 4.66. The molecule has 5 nitrogen and oxygen atoms in total. The van der Waals surface area contributed by atoms with E-state index >= 15 is 0 Å². The summed E-state index contributed by atoms with van der Waals surface area (Å²) in [5.74, 6) is 0.749. The topological polar surface area (TPSA) is 62.7 Å². The number of carbonyl (C=O) groups excluding carboxylic acids is 1. The average Bonchev–Trinajstić information content (AvgIpc) is 3.04. The molecule has 1 aromatic heterocycles. The van der Waals surface area contributed by atoms with E-state index in [0.29, 0.717) is 13.0 Å². The van der Waals surface area contributed by atoms with Gasteiger partial charge < -0.3 is 15.4 Å². The number of methoxy groups -OCH3 is 1. The quantitative estimate of drug-likeness (QED) is 0.300. The number of hydrogen-bond donors (Lipinski definition) is 2. The Bertz CT molecular complexity index is 433. The molecule has 0 atom stereocenters. The zero-order chi connectivity index (χ0) is 16.0. The van der Waals surface area contributed by atoms with E-state index in [0.717, 1.165) is 44.7 Å². The van der Waals surface area contributed by atoms with Crippen LogP contribution >= 0.6 is 11.3 Å². The fourth-order valence-electron chi connectivity index (χ4n) is 1.96. The van der Waals surface area contributed by atoms with E-state index in [1.54, 1.807) is 11.3 Å². The van der Waals surface area contributed by atoms with Crippen molar-refractivity contribution in [3.63, 3.8) is 0 Å². The summed E-state index contributed by atoms with van der Waals surface area (Å²) in [5, 5.41) is 8.67. The Kier molecular flexibility index (Phi) is 10.1. The van der Waals surface area contributed by atoms with Gasteiger partial charge in [-0.2, -0.15) is 0 Å². The van der Waals surface area contributed by atoms with Crippen molar-refractivity contribution >= 4 is 23.3 Å². The van der Waals surface area contributed by atoms with Crippen LogP contribution in [0.5, 0.6) is 0 Å². The Morgan fingerprint density at radius 1 is 1.27 bits per heavy atom. The maximum absolute atomic E-state index is 11.0. The van der Waals surface area contributed by atoms with Crippen LogP contribution in [0.1, 0.15) is 43.9 Å². The Morgan fingerprint density at radius 3 is 2.77 bits per heavy atom. The van der Waals surface area contributed by atoms with Crippen molar-refractivity contribution in [2.24, 2.45) is 4.99 Å². The number of aliphatic imine (C=N–C) groups is 1. The van der Waals surface area contributed by atoms with E-state index in [4.69, 9.17) is 0 Å². The summed E-state index contributed by atoms with van der Waals surface area (Å²) in [5.41, 5.74) is 0. The van der Waals surface area contributed by atoms with Crippen LogP contribution in [-0.4, -0.2) is 32.1 Å². The molecule has 22 heavy (non-hydrogen) atoms. The van der Waals surface area contributed by atoms with E-state index in [1.807, 2.05) is 6.07 Å². The monoisotopic (exact) mass is 325 g/mol. The lowest BCUT2D eigenvalue weighted by atomic mass is 10.1. The lowest BCUT2D eigenvalue weighted by Crippen LogP contribution is -2.37. The van der Waals surface area contributed by atoms with Gasteiger partial charge in [-0.1, -0.05) is 18.9 Å². The van der Waals surface area contributed by atoms with Gasteiger partial charge >= 0.3 is 5.97 Å². The third kappa shape index (κ3) is 8.67. The zero-order valence-corrected chi connectivity index (χ0v) is 14.4. The van der Waals surface area contributed by atoms with E-state index < -0.39 is 0 Å². The van der Waals surface area contributed by atoms with Crippen LogP contribution in [0.2, 0.25) is 0 Å². The van der Waals surface area contributed by atoms with Crippen molar-refractivity contribution in [1.82, 2.24) is 10.6 Å². The first-order chi connectivity index (χ1) is 10.8. The average molecular weight is 325 g/mol. The minimum absolute atomic E-state index is 0.117. The number of carbonyl (C=O) groups is 1. The highest BCUT2D eigenvalue weighted by atomic mass is 32.1. The Morgan fingerprint density at radius 2 is 2.09 bits per heavy atom. The number of rotatable bonds is 10. The van der Waals surface area contributed by atoms with Crippen molar-refractivity contribution in [3.8, 4) is 0 Å². The predicted octanol–water partition coefficient (Wildman–Crippen LogP) is 2.93. The van der Waals surface area contributed by atoms with Gasteiger partial charge in [-0.05, 0) is 31.2 Å². The molecule has 0 fully saturated rings. The SMILES string of the molecule is CCNC(=NCc1cccs1)NCCCCCCC(=O)OC. The molecule has 1 heterocycles. The fourth-order valence-corrected chi connectivity index (χ4v) is 2.59. The molecule has 0 amide bonds. The van der Waals surface area contributed by atoms with Gasteiger partial charge in [0.15, 0.2) is 5.96 Å². The smallest absolute Gasteiger partial charge is 0.305 e. The molecule has 0 saturated carbocycles. The number of thiophene rings is 1. The molecule has 0 aromatic carbocycles. The number of esters is 1. The van der Waals surface area contributed by atoms with Crippen molar-refractivity contribution in [2.45, 2.75) is 45.6 Å². The number of nitrogens with one attached hydrogen (secondary N) is 2. The maximum Gasteiger partial charge on any atom is 0.305 e. The maximum atomic E-state index is 11.0. The fraction of sp³-hybridized carbons (Fsp3) is 0.625. The first-order valence-electron chi connectivity index (χ1n) is 7.87. The minimum atomic E-state index is -0.117. The number of nitrogens with zero attached hydrogens (tertiary/aromatic N) is 1. The van der Waals surface area contributed by atoms with Crippen LogP contribution in [0.15, 0.2) is 22.5 Å². The third-order valence-corrected chi connectivity index (χ3v) is 4.01. The van der Waals surface area contributed by atoms with Gasteiger partial charge in [-0.25, -0.2) is 4.99 Å². The van der Waals surface area contributed by atoms with Gasteiger partial charge in [0.1, 0.15) is 0 Å². The van der Waals surface area contributed by atoms with E-state index in [1.165, 1.54) is 12.0 Å². The Hall–Kier alpha value is -1.56. The second-order valence-corrected chi connectivity index (χ2v) is 5.97. The molecule has 0 aliphatic rings. The van der Waals surface area contributed by atoms with Crippen LogP contribution in [0.4, 0.5) is 0 Å². The first kappa shape index (κ1) is 18.5. The summed E-state index contributed by atoms with van der Waals surface area (Å²) in [6, 6.07) is 4.14. The van der Waals surface area contributed by atoms with Gasteiger partial charge in [-0.15, -0.1) is 11.3 Å². The van der Waals surface area contributed by atoms with Crippen LogP contribution in [0, 0.1) is 0 Å². The number of ether oxygens (including phenoxy) is 1. The van der Waals surface area contributed by atoms with Crippen molar-refractivity contribution in [1.29, 1.82) is 0 Å². The number of hydrogen-bond acceptors (Lipinski definition) is 4. The van der Waals surface area contributed by atoms with Crippen molar-refractivity contribution in [3.05, 3.63) is 22.4 Å². The second-order valence-electron chi connectivity index (χ2n) is 4.94. The molecule has 6 heteroatoms. The van der Waals surface area contributed by atoms with Gasteiger partial charge in [0.2, 0.25) is 0 Å². The van der Waals surface area contributed by atoms with Gasteiger partial charge in [0, 0.05) is 24.4 Å². The molecular formula is C16H27N3O2S. The summed E-state index contributed by atoms with van der Waals surface area (Å²) in [6.45, 7) is 4.53. The predicted molar refractivity (Wildman–Crippen MR) is 92.2 cm³/mol. The largest absolute Gasteiger partial charge is 0.469 e. The molecular weight excluding hydrogens is 298 g/mol. The summed E-state index contributed by atoms with van der Waals surface area (Å²) < 4.78 is 4.62. The Balaban J connectivity index is 2.13. The summed E-state index contributed by atoms with van der Waals surface area (Å²) in [4.78, 5) is 16.8. The molecule has 0 bridgehead atoms. The highest BCUT2D eigenvalue weighted by Crippen LogP contribution is 2.09. The minimum Gasteiger partial charge on any atom is -0.469 e. The van der Waals surface area contributed by atoms with Crippen molar-refractivity contribution < 1.29 is 9.53 Å². The molecule has 0 radical (unpaired) electrons.